The van der Waals surface area contributed by atoms with Gasteiger partial charge in [-0.1, -0.05) is 6.92 Å². The molecule has 1 aliphatic heterocycles. The van der Waals surface area contributed by atoms with Crippen molar-refractivity contribution in [3.8, 4) is 0 Å². The van der Waals surface area contributed by atoms with Gasteiger partial charge in [0.2, 0.25) is 0 Å². The van der Waals surface area contributed by atoms with Gasteiger partial charge in [0.1, 0.15) is 5.82 Å². The Kier molecular flexibility index (Phi) is 4.05. The van der Waals surface area contributed by atoms with Crippen LogP contribution in [-0.4, -0.2) is 30.3 Å². The van der Waals surface area contributed by atoms with Crippen LogP contribution in [0.3, 0.4) is 0 Å². The lowest BCUT2D eigenvalue weighted by molar-refractivity contribution is 0.0295. The summed E-state index contributed by atoms with van der Waals surface area (Å²) in [5.74, 6) is 1.04. The number of hydrogen-bond acceptors (Lipinski definition) is 3. The molecule has 2 unspecified atom stereocenters. The molecular formula is C13H19BrN2O. The number of pyridine rings is 1. The van der Waals surface area contributed by atoms with Crippen molar-refractivity contribution >= 4 is 21.7 Å². The molecule has 4 heteroatoms. The highest BCUT2D eigenvalue weighted by Crippen LogP contribution is 2.29. The van der Waals surface area contributed by atoms with E-state index in [1.807, 2.05) is 6.20 Å². The summed E-state index contributed by atoms with van der Waals surface area (Å²) in [5.41, 5.74) is 1.18. The first kappa shape index (κ1) is 12.8. The minimum atomic E-state index is 0.271. The molecule has 0 radical (unpaired) electrons. The second-order valence-electron chi connectivity index (χ2n) is 4.68. The molecule has 1 saturated heterocycles. The standard InChI is InChI=1S/C13H19BrN2O/c1-4-11-8-17-10(3)7-16(11)13-12(14)5-9(2)6-15-13/h5-6,10-11H,4,7-8H2,1-3H3. The first-order chi connectivity index (χ1) is 8.11. The lowest BCUT2D eigenvalue weighted by atomic mass is 10.1. The van der Waals surface area contributed by atoms with E-state index in [1.165, 1.54) is 5.56 Å². The smallest absolute Gasteiger partial charge is 0.143 e. The Balaban J connectivity index is 2.28. The molecule has 2 heterocycles. The molecule has 94 valence electrons. The zero-order valence-corrected chi connectivity index (χ0v) is 12.2. The number of anilines is 1. The summed E-state index contributed by atoms with van der Waals surface area (Å²) < 4.78 is 6.79. The van der Waals surface area contributed by atoms with Crippen LogP contribution in [0.15, 0.2) is 16.7 Å². The molecule has 1 aromatic rings. The van der Waals surface area contributed by atoms with Crippen molar-refractivity contribution in [1.82, 2.24) is 4.98 Å². The third-order valence-electron chi connectivity index (χ3n) is 3.17. The molecule has 1 aromatic heterocycles. The predicted octanol–water partition coefficient (Wildman–Crippen LogP) is 3.16. The largest absolute Gasteiger partial charge is 0.375 e. The average Bonchev–Trinajstić information content (AvgIpc) is 2.29. The van der Waals surface area contributed by atoms with Crippen LogP contribution in [-0.2, 0) is 4.74 Å². The summed E-state index contributed by atoms with van der Waals surface area (Å²) >= 11 is 3.61. The molecule has 0 N–H and O–H groups in total. The van der Waals surface area contributed by atoms with Gasteiger partial charge in [0.25, 0.3) is 0 Å². The molecule has 0 aromatic carbocycles. The number of aromatic nitrogens is 1. The normalized spacial score (nSPS) is 25.1. The SMILES string of the molecule is CCC1COC(C)CN1c1ncc(C)cc1Br. The number of hydrogen-bond donors (Lipinski definition) is 0. The van der Waals surface area contributed by atoms with Gasteiger partial charge in [0.05, 0.1) is 23.2 Å². The van der Waals surface area contributed by atoms with E-state index in [0.29, 0.717) is 6.04 Å². The lowest BCUT2D eigenvalue weighted by Gasteiger charge is -2.39. The van der Waals surface area contributed by atoms with Gasteiger partial charge in [-0.25, -0.2) is 4.98 Å². The zero-order valence-electron chi connectivity index (χ0n) is 10.6. The average molecular weight is 299 g/mol. The fraction of sp³-hybridized carbons (Fsp3) is 0.615. The van der Waals surface area contributed by atoms with Crippen LogP contribution >= 0.6 is 15.9 Å². The van der Waals surface area contributed by atoms with Crippen LogP contribution in [0.4, 0.5) is 5.82 Å². The maximum atomic E-state index is 5.71. The summed E-state index contributed by atoms with van der Waals surface area (Å²) in [6.07, 6.45) is 3.27. The van der Waals surface area contributed by atoms with Crippen molar-refractivity contribution < 1.29 is 4.74 Å². The molecule has 0 saturated carbocycles. The second-order valence-corrected chi connectivity index (χ2v) is 5.53. The van der Waals surface area contributed by atoms with E-state index in [2.05, 4.69) is 52.7 Å². The monoisotopic (exact) mass is 298 g/mol. The Hall–Kier alpha value is -0.610. The van der Waals surface area contributed by atoms with Gasteiger partial charge in [-0.05, 0) is 47.8 Å². The van der Waals surface area contributed by atoms with Crippen molar-refractivity contribution in [2.45, 2.75) is 39.3 Å². The number of nitrogens with zero attached hydrogens (tertiary/aromatic N) is 2. The number of ether oxygens (including phenoxy) is 1. The number of morpholine rings is 1. The number of aryl methyl sites for hydroxylation is 1. The predicted molar refractivity (Wildman–Crippen MR) is 73.5 cm³/mol. The van der Waals surface area contributed by atoms with Crippen LogP contribution in [0.25, 0.3) is 0 Å². The minimum Gasteiger partial charge on any atom is -0.375 e. The molecule has 1 fully saturated rings. The molecule has 0 bridgehead atoms. The third-order valence-corrected chi connectivity index (χ3v) is 3.75. The van der Waals surface area contributed by atoms with Crippen molar-refractivity contribution in [1.29, 1.82) is 0 Å². The topological polar surface area (TPSA) is 25.4 Å². The van der Waals surface area contributed by atoms with Gasteiger partial charge in [0.15, 0.2) is 0 Å². The molecular weight excluding hydrogens is 280 g/mol. The van der Waals surface area contributed by atoms with Crippen molar-refractivity contribution in [3.05, 3.63) is 22.3 Å². The maximum Gasteiger partial charge on any atom is 0.143 e. The molecule has 0 aliphatic carbocycles. The minimum absolute atomic E-state index is 0.271. The van der Waals surface area contributed by atoms with E-state index in [9.17, 15) is 0 Å². The highest BCUT2D eigenvalue weighted by molar-refractivity contribution is 9.10. The summed E-state index contributed by atoms with van der Waals surface area (Å²) in [7, 11) is 0. The summed E-state index contributed by atoms with van der Waals surface area (Å²) in [6, 6.07) is 2.55. The van der Waals surface area contributed by atoms with Crippen molar-refractivity contribution in [2.75, 3.05) is 18.1 Å². The quantitative estimate of drug-likeness (QED) is 0.839. The van der Waals surface area contributed by atoms with Crippen molar-refractivity contribution in [3.63, 3.8) is 0 Å². The van der Waals surface area contributed by atoms with Crippen LogP contribution in [0.2, 0.25) is 0 Å². The fourth-order valence-corrected chi connectivity index (χ4v) is 2.87. The fourth-order valence-electron chi connectivity index (χ4n) is 2.18. The van der Waals surface area contributed by atoms with E-state index in [-0.39, 0.29) is 6.10 Å². The van der Waals surface area contributed by atoms with E-state index < -0.39 is 0 Å². The van der Waals surface area contributed by atoms with E-state index >= 15 is 0 Å². The zero-order chi connectivity index (χ0) is 12.4. The van der Waals surface area contributed by atoms with Crippen LogP contribution in [0, 0.1) is 6.92 Å². The van der Waals surface area contributed by atoms with Crippen LogP contribution in [0.1, 0.15) is 25.8 Å². The molecule has 2 atom stereocenters. The molecule has 0 spiro atoms. The summed E-state index contributed by atoms with van der Waals surface area (Å²) in [6.45, 7) is 8.06. The molecule has 1 aliphatic rings. The Morgan fingerprint density at radius 1 is 1.59 bits per heavy atom. The number of rotatable bonds is 2. The summed E-state index contributed by atoms with van der Waals surface area (Å²) in [4.78, 5) is 6.92. The maximum absolute atomic E-state index is 5.71. The van der Waals surface area contributed by atoms with Gasteiger partial charge < -0.3 is 9.64 Å². The Morgan fingerprint density at radius 3 is 3.00 bits per heavy atom. The van der Waals surface area contributed by atoms with Crippen molar-refractivity contribution in [2.24, 2.45) is 0 Å². The van der Waals surface area contributed by atoms with Crippen LogP contribution in [0.5, 0.6) is 0 Å². The Morgan fingerprint density at radius 2 is 2.35 bits per heavy atom. The van der Waals surface area contributed by atoms with E-state index in [1.54, 1.807) is 0 Å². The van der Waals surface area contributed by atoms with Gasteiger partial charge in [-0.2, -0.15) is 0 Å². The summed E-state index contributed by atoms with van der Waals surface area (Å²) in [5, 5.41) is 0. The first-order valence-electron chi connectivity index (χ1n) is 6.12. The Bertz CT molecular complexity index is 397. The Labute approximate surface area is 111 Å². The highest BCUT2D eigenvalue weighted by Gasteiger charge is 2.27. The molecule has 0 amide bonds. The van der Waals surface area contributed by atoms with Gasteiger partial charge in [-0.15, -0.1) is 0 Å². The second kappa shape index (κ2) is 5.36. The first-order valence-corrected chi connectivity index (χ1v) is 6.91. The molecule has 2 rings (SSSR count). The third kappa shape index (κ3) is 2.80. The van der Waals surface area contributed by atoms with Gasteiger partial charge in [0, 0.05) is 12.7 Å². The van der Waals surface area contributed by atoms with E-state index in [0.717, 1.165) is 29.9 Å². The van der Waals surface area contributed by atoms with E-state index in [4.69, 9.17) is 4.74 Å². The van der Waals surface area contributed by atoms with Crippen LogP contribution < -0.4 is 4.90 Å². The highest BCUT2D eigenvalue weighted by atomic mass is 79.9. The van der Waals surface area contributed by atoms with Gasteiger partial charge in [-0.3, -0.25) is 0 Å². The molecule has 3 nitrogen and oxygen atoms in total. The van der Waals surface area contributed by atoms with Gasteiger partial charge >= 0.3 is 0 Å². The number of halogens is 1. The molecule has 17 heavy (non-hydrogen) atoms. The lowest BCUT2D eigenvalue weighted by Crippen LogP contribution is -2.49.